The van der Waals surface area contributed by atoms with Gasteiger partial charge in [0.05, 0.1) is 5.69 Å². The van der Waals surface area contributed by atoms with Crippen molar-refractivity contribution in [3.8, 4) is 11.5 Å². The standard InChI is InChI=1S/C23H28ClN3O5/c1-16(28)25-21-7-6-19(29)12-22(21)32-15-20(30)14-26-9-8-23(31)27(11-10-26)13-17-2-4-18(24)5-3-17/h2-7,12,20,29-30H,8-11,13-15H2,1H3,(H,25,28). The molecular weight excluding hydrogens is 434 g/mol. The molecule has 0 saturated carbocycles. The second kappa shape index (κ2) is 11.2. The molecule has 3 rings (SSSR count). The van der Waals surface area contributed by atoms with Gasteiger partial charge in [-0.2, -0.15) is 0 Å². The highest BCUT2D eigenvalue weighted by molar-refractivity contribution is 6.30. The summed E-state index contributed by atoms with van der Waals surface area (Å²) in [4.78, 5) is 27.7. The van der Waals surface area contributed by atoms with E-state index in [1.807, 2.05) is 34.1 Å². The highest BCUT2D eigenvalue weighted by Crippen LogP contribution is 2.29. The summed E-state index contributed by atoms with van der Waals surface area (Å²) in [6.07, 6.45) is -0.430. The minimum atomic E-state index is -0.805. The van der Waals surface area contributed by atoms with E-state index in [-0.39, 0.29) is 29.9 Å². The van der Waals surface area contributed by atoms with Gasteiger partial charge in [-0.1, -0.05) is 23.7 Å². The maximum absolute atomic E-state index is 12.5. The Morgan fingerprint density at radius 1 is 1.19 bits per heavy atom. The molecule has 1 aliphatic rings. The van der Waals surface area contributed by atoms with Crippen LogP contribution >= 0.6 is 11.6 Å². The van der Waals surface area contributed by atoms with Crippen LogP contribution in [0, 0.1) is 0 Å². The van der Waals surface area contributed by atoms with Gasteiger partial charge < -0.3 is 25.2 Å². The topological polar surface area (TPSA) is 102 Å². The summed E-state index contributed by atoms with van der Waals surface area (Å²) in [6.45, 7) is 3.98. The van der Waals surface area contributed by atoms with Crippen molar-refractivity contribution in [3.05, 3.63) is 53.1 Å². The molecule has 1 atom stereocenters. The molecule has 32 heavy (non-hydrogen) atoms. The van der Waals surface area contributed by atoms with Gasteiger partial charge in [0.2, 0.25) is 11.8 Å². The Morgan fingerprint density at radius 2 is 1.94 bits per heavy atom. The number of rotatable bonds is 8. The normalized spacial score (nSPS) is 15.8. The van der Waals surface area contributed by atoms with Crippen LogP contribution in [-0.2, 0) is 16.1 Å². The van der Waals surface area contributed by atoms with Crippen molar-refractivity contribution in [3.63, 3.8) is 0 Å². The van der Waals surface area contributed by atoms with Crippen LogP contribution in [0.25, 0.3) is 0 Å². The first-order valence-corrected chi connectivity index (χ1v) is 10.8. The zero-order valence-electron chi connectivity index (χ0n) is 18.0. The molecule has 1 fully saturated rings. The van der Waals surface area contributed by atoms with E-state index in [1.54, 1.807) is 0 Å². The largest absolute Gasteiger partial charge is 0.508 e. The fourth-order valence-electron chi connectivity index (χ4n) is 3.53. The number of nitrogens with zero attached hydrogens (tertiary/aromatic N) is 2. The molecule has 0 spiro atoms. The van der Waals surface area contributed by atoms with Crippen molar-refractivity contribution in [2.24, 2.45) is 0 Å². The fraction of sp³-hybridized carbons (Fsp3) is 0.391. The molecule has 2 amide bonds. The molecule has 3 N–H and O–H groups in total. The first-order valence-electron chi connectivity index (χ1n) is 10.5. The Kier molecular flexibility index (Phi) is 8.33. The number of benzene rings is 2. The first kappa shape index (κ1) is 23.8. The molecule has 172 valence electrons. The summed E-state index contributed by atoms with van der Waals surface area (Å²) in [6, 6.07) is 11.8. The fourth-order valence-corrected chi connectivity index (χ4v) is 3.66. The van der Waals surface area contributed by atoms with Crippen molar-refractivity contribution < 1.29 is 24.5 Å². The summed E-state index contributed by atoms with van der Waals surface area (Å²) < 4.78 is 5.64. The van der Waals surface area contributed by atoms with Crippen LogP contribution in [0.4, 0.5) is 5.69 Å². The van der Waals surface area contributed by atoms with Gasteiger partial charge >= 0.3 is 0 Å². The maximum Gasteiger partial charge on any atom is 0.224 e. The summed E-state index contributed by atoms with van der Waals surface area (Å²) >= 11 is 5.93. The van der Waals surface area contributed by atoms with Crippen molar-refractivity contribution in [1.29, 1.82) is 0 Å². The number of phenols is 1. The highest BCUT2D eigenvalue weighted by Gasteiger charge is 2.23. The second-order valence-electron chi connectivity index (χ2n) is 7.82. The number of β-amino-alcohol motifs (C(OH)–C–C–N with tert-alkyl or cyclic N) is 1. The number of aliphatic hydroxyl groups is 1. The average Bonchev–Trinajstić information content (AvgIpc) is 2.91. The molecule has 1 aliphatic heterocycles. The van der Waals surface area contributed by atoms with E-state index in [2.05, 4.69) is 5.32 Å². The third-order valence-electron chi connectivity index (χ3n) is 5.14. The Balaban J connectivity index is 1.51. The third kappa shape index (κ3) is 7.12. The Hall–Kier alpha value is -2.81. The molecule has 0 aromatic heterocycles. The van der Waals surface area contributed by atoms with E-state index in [4.69, 9.17) is 16.3 Å². The molecule has 1 unspecified atom stereocenters. The van der Waals surface area contributed by atoms with E-state index >= 15 is 0 Å². The summed E-state index contributed by atoms with van der Waals surface area (Å²) in [5, 5.41) is 23.4. The number of amides is 2. The van der Waals surface area contributed by atoms with Crippen LogP contribution in [0.5, 0.6) is 11.5 Å². The number of halogens is 1. The average molecular weight is 462 g/mol. The van der Waals surface area contributed by atoms with Crippen molar-refractivity contribution in [1.82, 2.24) is 9.80 Å². The third-order valence-corrected chi connectivity index (χ3v) is 5.40. The van der Waals surface area contributed by atoms with Gasteiger partial charge in [-0.3, -0.25) is 14.5 Å². The summed E-state index contributed by atoms with van der Waals surface area (Å²) in [7, 11) is 0. The lowest BCUT2D eigenvalue weighted by Gasteiger charge is -2.24. The van der Waals surface area contributed by atoms with Crippen LogP contribution in [0.1, 0.15) is 18.9 Å². The van der Waals surface area contributed by atoms with Gasteiger partial charge in [0, 0.05) is 57.2 Å². The molecule has 1 heterocycles. The lowest BCUT2D eigenvalue weighted by Crippen LogP contribution is -2.38. The van der Waals surface area contributed by atoms with Crippen molar-refractivity contribution >= 4 is 29.1 Å². The SMILES string of the molecule is CC(=O)Nc1ccc(O)cc1OCC(O)CN1CCC(=O)N(Cc2ccc(Cl)cc2)CC1. The number of hydrogen-bond acceptors (Lipinski definition) is 6. The summed E-state index contributed by atoms with van der Waals surface area (Å²) in [5.74, 6) is 0.0845. The molecule has 9 heteroatoms. The second-order valence-corrected chi connectivity index (χ2v) is 8.26. The molecular formula is C23H28ClN3O5. The minimum absolute atomic E-state index is 0.00426. The van der Waals surface area contributed by atoms with Crippen molar-refractivity contribution in [2.75, 3.05) is 38.1 Å². The molecule has 0 radical (unpaired) electrons. The van der Waals surface area contributed by atoms with Crippen LogP contribution in [0.3, 0.4) is 0 Å². The van der Waals surface area contributed by atoms with Gasteiger partial charge in [-0.15, -0.1) is 0 Å². The Bertz CT molecular complexity index is 938. The zero-order valence-corrected chi connectivity index (χ0v) is 18.7. The lowest BCUT2D eigenvalue weighted by atomic mass is 10.2. The predicted molar refractivity (Wildman–Crippen MR) is 122 cm³/mol. The number of carbonyl (C=O) groups excluding carboxylic acids is 2. The number of phenolic OH excluding ortho intramolecular Hbond substituents is 1. The minimum Gasteiger partial charge on any atom is -0.508 e. The lowest BCUT2D eigenvalue weighted by molar-refractivity contribution is -0.131. The number of nitrogens with one attached hydrogen (secondary N) is 1. The van der Waals surface area contributed by atoms with E-state index in [0.29, 0.717) is 49.9 Å². The number of carbonyl (C=O) groups is 2. The molecule has 8 nitrogen and oxygen atoms in total. The quantitative estimate of drug-likeness (QED) is 0.522. The molecule has 0 aliphatic carbocycles. The Labute approximate surface area is 192 Å². The van der Waals surface area contributed by atoms with E-state index in [9.17, 15) is 19.8 Å². The predicted octanol–water partition coefficient (Wildman–Crippen LogP) is 2.48. The highest BCUT2D eigenvalue weighted by atomic mass is 35.5. The molecule has 2 aromatic carbocycles. The van der Waals surface area contributed by atoms with Gasteiger partial charge in [0.1, 0.15) is 24.2 Å². The number of aliphatic hydroxyl groups excluding tert-OH is 1. The van der Waals surface area contributed by atoms with Gasteiger partial charge in [0.25, 0.3) is 0 Å². The number of hydrogen-bond donors (Lipinski definition) is 3. The van der Waals surface area contributed by atoms with Crippen molar-refractivity contribution in [2.45, 2.75) is 26.0 Å². The van der Waals surface area contributed by atoms with Gasteiger partial charge in [-0.25, -0.2) is 0 Å². The smallest absolute Gasteiger partial charge is 0.224 e. The number of anilines is 1. The monoisotopic (exact) mass is 461 g/mol. The summed E-state index contributed by atoms with van der Waals surface area (Å²) in [5.41, 5.74) is 1.44. The number of ether oxygens (including phenoxy) is 1. The Morgan fingerprint density at radius 3 is 2.66 bits per heavy atom. The van der Waals surface area contributed by atoms with Crippen LogP contribution in [0.15, 0.2) is 42.5 Å². The first-order chi connectivity index (χ1) is 15.3. The van der Waals surface area contributed by atoms with E-state index in [1.165, 1.54) is 25.1 Å². The number of aromatic hydroxyl groups is 1. The molecule has 1 saturated heterocycles. The maximum atomic E-state index is 12.5. The van der Waals surface area contributed by atoms with E-state index < -0.39 is 6.10 Å². The van der Waals surface area contributed by atoms with Gasteiger partial charge in [0.15, 0.2) is 0 Å². The van der Waals surface area contributed by atoms with Crippen LogP contribution < -0.4 is 10.1 Å². The van der Waals surface area contributed by atoms with E-state index in [0.717, 1.165) is 5.56 Å². The molecule has 0 bridgehead atoms. The molecule has 2 aromatic rings. The zero-order chi connectivity index (χ0) is 23.1. The van der Waals surface area contributed by atoms with Gasteiger partial charge in [-0.05, 0) is 29.8 Å². The van der Waals surface area contributed by atoms with Crippen LogP contribution in [-0.4, -0.2) is 70.7 Å². The van der Waals surface area contributed by atoms with Crippen LogP contribution in [0.2, 0.25) is 5.02 Å².